The van der Waals surface area contributed by atoms with Crippen molar-refractivity contribution in [3.05, 3.63) is 23.2 Å². The molecular formula is C15H23ClN2O4S. The van der Waals surface area contributed by atoms with Gasteiger partial charge in [-0.15, -0.1) is 0 Å². The van der Waals surface area contributed by atoms with E-state index in [4.69, 9.17) is 16.3 Å². The van der Waals surface area contributed by atoms with Crippen molar-refractivity contribution in [2.45, 2.75) is 51.1 Å². The number of sulfonamides is 1. The minimum absolute atomic E-state index is 0.0191. The zero-order valence-electron chi connectivity index (χ0n) is 13.7. The molecule has 0 fully saturated rings. The number of amides is 1. The third-order valence-electron chi connectivity index (χ3n) is 3.24. The van der Waals surface area contributed by atoms with Gasteiger partial charge in [-0.05, 0) is 45.4 Å². The summed E-state index contributed by atoms with van der Waals surface area (Å²) in [5.41, 5.74) is 0. The molecule has 0 aromatic heterocycles. The van der Waals surface area contributed by atoms with Crippen LogP contribution in [0.2, 0.25) is 5.02 Å². The number of benzene rings is 1. The second-order valence-electron chi connectivity index (χ2n) is 5.19. The second-order valence-corrected chi connectivity index (χ2v) is 7.31. The van der Waals surface area contributed by atoms with E-state index >= 15 is 0 Å². The van der Waals surface area contributed by atoms with E-state index in [2.05, 4.69) is 10.0 Å². The normalized spacial score (nSPS) is 14.1. The van der Waals surface area contributed by atoms with Crippen LogP contribution in [-0.2, 0) is 14.8 Å². The monoisotopic (exact) mass is 362 g/mol. The Balaban J connectivity index is 2.86. The topological polar surface area (TPSA) is 84.5 Å². The molecule has 0 radical (unpaired) electrons. The summed E-state index contributed by atoms with van der Waals surface area (Å²) in [6, 6.07) is 3.27. The SMILES string of the molecule is CCOc1ccc(S(=O)(=O)N[C@H](C)C(=O)N[C@H](C)CC)cc1Cl. The number of carbonyl (C=O) groups excluding carboxylic acids is 1. The van der Waals surface area contributed by atoms with Crippen molar-refractivity contribution in [1.29, 1.82) is 0 Å². The Kier molecular flexibility index (Phi) is 7.31. The summed E-state index contributed by atoms with van der Waals surface area (Å²) >= 11 is 6.00. The highest BCUT2D eigenvalue weighted by molar-refractivity contribution is 7.89. The molecule has 0 aliphatic rings. The van der Waals surface area contributed by atoms with Gasteiger partial charge in [-0.2, -0.15) is 4.72 Å². The second kappa shape index (κ2) is 8.52. The first-order valence-electron chi connectivity index (χ1n) is 7.46. The van der Waals surface area contributed by atoms with Crippen LogP contribution < -0.4 is 14.8 Å². The van der Waals surface area contributed by atoms with Gasteiger partial charge in [0.2, 0.25) is 15.9 Å². The molecule has 6 nitrogen and oxygen atoms in total. The van der Waals surface area contributed by atoms with Gasteiger partial charge in [0, 0.05) is 6.04 Å². The van der Waals surface area contributed by atoms with Crippen molar-refractivity contribution in [3.63, 3.8) is 0 Å². The molecule has 8 heteroatoms. The lowest BCUT2D eigenvalue weighted by molar-refractivity contribution is -0.122. The highest BCUT2D eigenvalue weighted by atomic mass is 35.5. The van der Waals surface area contributed by atoms with Crippen LogP contribution in [0.3, 0.4) is 0 Å². The van der Waals surface area contributed by atoms with Gasteiger partial charge in [0.15, 0.2) is 0 Å². The molecule has 23 heavy (non-hydrogen) atoms. The average molecular weight is 363 g/mol. The van der Waals surface area contributed by atoms with Crippen LogP contribution in [0.25, 0.3) is 0 Å². The van der Waals surface area contributed by atoms with Crippen molar-refractivity contribution in [1.82, 2.24) is 10.0 Å². The fourth-order valence-electron chi connectivity index (χ4n) is 1.75. The molecule has 0 saturated heterocycles. The van der Waals surface area contributed by atoms with Crippen molar-refractivity contribution >= 4 is 27.5 Å². The van der Waals surface area contributed by atoms with Gasteiger partial charge in [0.25, 0.3) is 0 Å². The average Bonchev–Trinajstić information content (AvgIpc) is 2.48. The Bertz CT molecular complexity index is 649. The lowest BCUT2D eigenvalue weighted by atomic mass is 10.2. The van der Waals surface area contributed by atoms with E-state index in [-0.39, 0.29) is 21.9 Å². The third-order valence-corrected chi connectivity index (χ3v) is 5.07. The van der Waals surface area contributed by atoms with Crippen molar-refractivity contribution in [3.8, 4) is 5.75 Å². The highest BCUT2D eigenvalue weighted by Gasteiger charge is 2.23. The number of nitrogens with one attached hydrogen (secondary N) is 2. The summed E-state index contributed by atoms with van der Waals surface area (Å²) in [6.45, 7) is 7.51. The number of carbonyl (C=O) groups is 1. The van der Waals surface area contributed by atoms with Crippen LogP contribution in [-0.4, -0.2) is 33.0 Å². The molecule has 0 aliphatic heterocycles. The maximum Gasteiger partial charge on any atom is 0.241 e. The van der Waals surface area contributed by atoms with E-state index in [0.717, 1.165) is 6.42 Å². The fourth-order valence-corrected chi connectivity index (χ4v) is 3.27. The van der Waals surface area contributed by atoms with Gasteiger partial charge in [0.05, 0.1) is 22.6 Å². The maximum absolute atomic E-state index is 12.3. The molecule has 2 atom stereocenters. The molecule has 1 rings (SSSR count). The minimum atomic E-state index is -3.85. The van der Waals surface area contributed by atoms with Crippen LogP contribution >= 0.6 is 11.6 Å². The lowest BCUT2D eigenvalue weighted by Gasteiger charge is -2.17. The molecule has 0 saturated carbocycles. The first kappa shape index (κ1) is 19.7. The Morgan fingerprint density at radius 1 is 1.30 bits per heavy atom. The molecule has 2 N–H and O–H groups in total. The van der Waals surface area contributed by atoms with E-state index in [1.54, 1.807) is 6.92 Å². The van der Waals surface area contributed by atoms with Gasteiger partial charge in [0.1, 0.15) is 5.75 Å². The summed E-state index contributed by atoms with van der Waals surface area (Å²) in [7, 11) is -3.85. The predicted octanol–water partition coefficient (Wildman–Crippen LogP) is 2.32. The molecule has 0 unspecified atom stereocenters. The predicted molar refractivity (Wildman–Crippen MR) is 90.3 cm³/mol. The lowest BCUT2D eigenvalue weighted by Crippen LogP contribution is -2.47. The molecule has 1 amide bonds. The largest absolute Gasteiger partial charge is 0.492 e. The van der Waals surface area contributed by atoms with Crippen LogP contribution in [0.5, 0.6) is 5.75 Å². The summed E-state index contributed by atoms with van der Waals surface area (Å²) < 4.78 is 32.3. The van der Waals surface area contributed by atoms with Crippen molar-refractivity contribution < 1.29 is 17.9 Å². The van der Waals surface area contributed by atoms with Gasteiger partial charge < -0.3 is 10.1 Å². The molecule has 130 valence electrons. The first-order valence-corrected chi connectivity index (χ1v) is 9.32. The number of ether oxygens (including phenoxy) is 1. The molecule has 1 aromatic rings. The van der Waals surface area contributed by atoms with Crippen molar-refractivity contribution in [2.75, 3.05) is 6.61 Å². The van der Waals surface area contributed by atoms with E-state index in [0.29, 0.717) is 12.4 Å². The molecule has 0 aliphatic carbocycles. The summed E-state index contributed by atoms with van der Waals surface area (Å²) in [5.74, 6) is 0.0376. The standard InChI is InChI=1S/C15H23ClN2O4S/c1-5-10(3)17-15(19)11(4)18-23(20,21)12-7-8-14(22-6-2)13(16)9-12/h7-11,18H,5-6H2,1-4H3,(H,17,19)/t10-,11-/m1/s1. The van der Waals surface area contributed by atoms with Gasteiger partial charge in [-0.3, -0.25) is 4.79 Å². The Morgan fingerprint density at radius 2 is 1.96 bits per heavy atom. The van der Waals surface area contributed by atoms with Gasteiger partial charge in [-0.1, -0.05) is 18.5 Å². The van der Waals surface area contributed by atoms with E-state index in [1.165, 1.54) is 25.1 Å². The Hall–Kier alpha value is -1.31. The maximum atomic E-state index is 12.3. The molecule has 0 bridgehead atoms. The molecule has 0 spiro atoms. The molecular weight excluding hydrogens is 340 g/mol. The zero-order chi connectivity index (χ0) is 17.6. The summed E-state index contributed by atoms with van der Waals surface area (Å²) in [4.78, 5) is 11.9. The van der Waals surface area contributed by atoms with Gasteiger partial charge >= 0.3 is 0 Å². The van der Waals surface area contributed by atoms with Crippen LogP contribution in [0.1, 0.15) is 34.1 Å². The van der Waals surface area contributed by atoms with Crippen LogP contribution in [0, 0.1) is 0 Å². The third kappa shape index (κ3) is 5.67. The van der Waals surface area contributed by atoms with Gasteiger partial charge in [-0.25, -0.2) is 8.42 Å². The fraction of sp³-hybridized carbons (Fsp3) is 0.533. The summed E-state index contributed by atoms with van der Waals surface area (Å²) in [6.07, 6.45) is 0.764. The number of rotatable bonds is 8. The van der Waals surface area contributed by atoms with E-state index in [1.807, 2.05) is 13.8 Å². The van der Waals surface area contributed by atoms with Crippen LogP contribution in [0.15, 0.2) is 23.1 Å². The summed E-state index contributed by atoms with van der Waals surface area (Å²) in [5, 5.41) is 2.93. The quantitative estimate of drug-likeness (QED) is 0.743. The van der Waals surface area contributed by atoms with Crippen molar-refractivity contribution in [2.24, 2.45) is 0 Å². The minimum Gasteiger partial charge on any atom is -0.492 e. The molecule has 0 heterocycles. The van der Waals surface area contributed by atoms with Crippen LogP contribution in [0.4, 0.5) is 0 Å². The Labute approximate surface area is 142 Å². The van der Waals surface area contributed by atoms with E-state index in [9.17, 15) is 13.2 Å². The zero-order valence-corrected chi connectivity index (χ0v) is 15.3. The number of hydrogen-bond acceptors (Lipinski definition) is 4. The highest BCUT2D eigenvalue weighted by Crippen LogP contribution is 2.27. The van der Waals surface area contributed by atoms with E-state index < -0.39 is 16.1 Å². The number of hydrogen-bond donors (Lipinski definition) is 2. The number of halogens is 1. The smallest absolute Gasteiger partial charge is 0.241 e. The first-order chi connectivity index (χ1) is 10.7. The molecule has 1 aromatic carbocycles. The Morgan fingerprint density at radius 3 is 2.48 bits per heavy atom.